The monoisotopic (exact) mass is 373 g/mol. The number of thiazole rings is 1. The lowest BCUT2D eigenvalue weighted by Gasteiger charge is -2.33. The fourth-order valence-electron chi connectivity index (χ4n) is 2.89. The van der Waals surface area contributed by atoms with Gasteiger partial charge in [-0.25, -0.2) is 9.78 Å². The Hall–Kier alpha value is -2.74. The van der Waals surface area contributed by atoms with Crippen LogP contribution in [0.4, 0.5) is 0 Å². The van der Waals surface area contributed by atoms with Crippen LogP contribution in [0.2, 0.25) is 0 Å². The number of rotatable bonds is 5. The molecule has 0 unspecified atom stereocenters. The number of hydrogen-bond donors (Lipinski definition) is 1. The molecular formula is C18H19N3O4S. The van der Waals surface area contributed by atoms with Gasteiger partial charge in [-0.2, -0.15) is 0 Å². The number of carbonyl (C=O) groups is 3. The molecule has 1 aromatic carbocycles. The summed E-state index contributed by atoms with van der Waals surface area (Å²) in [5.41, 5.74) is 6.42. The number of aromatic nitrogens is 1. The molecule has 2 N–H and O–H groups in total. The third kappa shape index (κ3) is 4.08. The molecule has 0 spiro atoms. The van der Waals surface area contributed by atoms with Gasteiger partial charge in [-0.05, 0) is 19.3 Å². The van der Waals surface area contributed by atoms with Crippen LogP contribution in [-0.4, -0.2) is 46.9 Å². The van der Waals surface area contributed by atoms with Gasteiger partial charge < -0.3 is 15.4 Å². The Labute approximate surface area is 154 Å². The number of esters is 1. The van der Waals surface area contributed by atoms with Crippen LogP contribution in [0.15, 0.2) is 35.7 Å². The highest BCUT2D eigenvalue weighted by molar-refractivity contribution is 7.13. The summed E-state index contributed by atoms with van der Waals surface area (Å²) >= 11 is 1.33. The Morgan fingerprint density at radius 3 is 2.73 bits per heavy atom. The molecule has 8 heteroatoms. The number of piperidine rings is 1. The second kappa shape index (κ2) is 8.09. The summed E-state index contributed by atoms with van der Waals surface area (Å²) in [6.07, 6.45) is 2.19. The molecule has 2 heterocycles. The molecule has 0 bridgehead atoms. The molecule has 0 saturated carbocycles. The first-order valence-electron chi connectivity index (χ1n) is 8.33. The molecule has 0 aliphatic carbocycles. The van der Waals surface area contributed by atoms with E-state index in [1.54, 1.807) is 5.38 Å². The first-order valence-corrected chi connectivity index (χ1v) is 9.21. The number of hydrogen-bond acceptors (Lipinski definition) is 6. The lowest BCUT2D eigenvalue weighted by Crippen LogP contribution is -2.51. The second-order valence-electron chi connectivity index (χ2n) is 5.98. The van der Waals surface area contributed by atoms with E-state index in [0.29, 0.717) is 18.0 Å². The van der Waals surface area contributed by atoms with E-state index in [2.05, 4.69) is 4.98 Å². The number of likely N-dealkylation sites (tertiary alicyclic amines) is 1. The number of carbonyl (C=O) groups excluding carboxylic acids is 3. The maximum atomic E-state index is 12.3. The Bertz CT molecular complexity index is 806. The molecule has 1 aliphatic rings. The SMILES string of the molecule is NC(=O)[C@H]1CCCCN1C(=O)COC(=O)c1csc(-c2ccccc2)n1. The van der Waals surface area contributed by atoms with E-state index in [-0.39, 0.29) is 5.69 Å². The maximum absolute atomic E-state index is 12.3. The predicted octanol–water partition coefficient (Wildman–Crippen LogP) is 1.83. The van der Waals surface area contributed by atoms with E-state index in [4.69, 9.17) is 10.5 Å². The van der Waals surface area contributed by atoms with E-state index in [1.165, 1.54) is 16.2 Å². The van der Waals surface area contributed by atoms with Gasteiger partial charge in [0.05, 0.1) is 0 Å². The van der Waals surface area contributed by atoms with Crippen molar-refractivity contribution in [2.45, 2.75) is 25.3 Å². The third-order valence-corrected chi connectivity index (χ3v) is 5.10. The highest BCUT2D eigenvalue weighted by Gasteiger charge is 2.31. The van der Waals surface area contributed by atoms with E-state index < -0.39 is 30.4 Å². The summed E-state index contributed by atoms with van der Waals surface area (Å²) in [4.78, 5) is 41.6. The van der Waals surface area contributed by atoms with Crippen LogP contribution in [-0.2, 0) is 14.3 Å². The standard InChI is InChI=1S/C18H19N3O4S/c19-16(23)14-8-4-5-9-21(14)15(22)10-25-18(24)13-11-26-17(20-13)12-6-2-1-3-7-12/h1-3,6-7,11,14H,4-5,8-10H2,(H2,19,23)/t14-/m1/s1. The number of amides is 2. The quantitative estimate of drug-likeness (QED) is 0.806. The van der Waals surface area contributed by atoms with Gasteiger partial charge >= 0.3 is 5.97 Å². The summed E-state index contributed by atoms with van der Waals surface area (Å²) in [6, 6.07) is 8.86. The van der Waals surface area contributed by atoms with Crippen molar-refractivity contribution in [2.75, 3.05) is 13.2 Å². The average molecular weight is 373 g/mol. The molecule has 136 valence electrons. The van der Waals surface area contributed by atoms with Crippen molar-refractivity contribution in [3.05, 3.63) is 41.4 Å². The van der Waals surface area contributed by atoms with Gasteiger partial charge in [0.15, 0.2) is 12.3 Å². The van der Waals surface area contributed by atoms with Crippen LogP contribution in [0.1, 0.15) is 29.8 Å². The fraction of sp³-hybridized carbons (Fsp3) is 0.333. The lowest BCUT2D eigenvalue weighted by atomic mass is 10.0. The van der Waals surface area contributed by atoms with E-state index >= 15 is 0 Å². The average Bonchev–Trinajstić information content (AvgIpc) is 3.17. The van der Waals surface area contributed by atoms with Crippen molar-refractivity contribution < 1.29 is 19.1 Å². The summed E-state index contributed by atoms with van der Waals surface area (Å²) in [5, 5.41) is 2.30. The van der Waals surface area contributed by atoms with Gasteiger partial charge in [-0.15, -0.1) is 11.3 Å². The summed E-state index contributed by atoms with van der Waals surface area (Å²) in [7, 11) is 0. The highest BCUT2D eigenvalue weighted by atomic mass is 32.1. The van der Waals surface area contributed by atoms with Crippen LogP contribution in [0.5, 0.6) is 0 Å². The zero-order valence-electron chi connectivity index (χ0n) is 14.1. The smallest absolute Gasteiger partial charge is 0.358 e. The van der Waals surface area contributed by atoms with Crippen LogP contribution in [0, 0.1) is 0 Å². The van der Waals surface area contributed by atoms with Gasteiger partial charge in [0, 0.05) is 17.5 Å². The largest absolute Gasteiger partial charge is 0.451 e. The Kier molecular flexibility index (Phi) is 5.62. The van der Waals surface area contributed by atoms with Crippen LogP contribution in [0.25, 0.3) is 10.6 Å². The van der Waals surface area contributed by atoms with Gasteiger partial charge in [-0.3, -0.25) is 9.59 Å². The molecule has 2 aromatic rings. The fourth-order valence-corrected chi connectivity index (χ4v) is 3.69. The van der Waals surface area contributed by atoms with E-state index in [1.807, 2.05) is 30.3 Å². The zero-order chi connectivity index (χ0) is 18.5. The minimum atomic E-state index is -0.663. The van der Waals surface area contributed by atoms with E-state index in [0.717, 1.165) is 18.4 Å². The molecule has 1 aliphatic heterocycles. The molecule has 1 fully saturated rings. The molecule has 1 aromatic heterocycles. The number of benzene rings is 1. The Morgan fingerprint density at radius 1 is 1.23 bits per heavy atom. The lowest BCUT2D eigenvalue weighted by molar-refractivity contribution is -0.143. The molecule has 7 nitrogen and oxygen atoms in total. The molecule has 1 atom stereocenters. The van der Waals surface area contributed by atoms with Crippen molar-refractivity contribution in [3.8, 4) is 10.6 Å². The number of nitrogens with two attached hydrogens (primary N) is 1. The van der Waals surface area contributed by atoms with Crippen LogP contribution >= 0.6 is 11.3 Å². The predicted molar refractivity (Wildman–Crippen MR) is 96.4 cm³/mol. The molecule has 26 heavy (non-hydrogen) atoms. The van der Waals surface area contributed by atoms with Crippen LogP contribution < -0.4 is 5.73 Å². The van der Waals surface area contributed by atoms with Crippen molar-refractivity contribution in [1.29, 1.82) is 0 Å². The Balaban J connectivity index is 1.59. The second-order valence-corrected chi connectivity index (χ2v) is 6.84. The van der Waals surface area contributed by atoms with Gasteiger partial charge in [0.1, 0.15) is 11.0 Å². The number of nitrogens with zero attached hydrogens (tertiary/aromatic N) is 2. The van der Waals surface area contributed by atoms with E-state index in [9.17, 15) is 14.4 Å². The molecular weight excluding hydrogens is 354 g/mol. The van der Waals surface area contributed by atoms with Gasteiger partial charge in [0.2, 0.25) is 5.91 Å². The van der Waals surface area contributed by atoms with Crippen molar-refractivity contribution in [3.63, 3.8) is 0 Å². The number of primary amides is 1. The van der Waals surface area contributed by atoms with Crippen molar-refractivity contribution in [1.82, 2.24) is 9.88 Å². The van der Waals surface area contributed by atoms with Crippen molar-refractivity contribution in [2.24, 2.45) is 5.73 Å². The summed E-state index contributed by atoms with van der Waals surface area (Å²) < 4.78 is 5.08. The first-order chi connectivity index (χ1) is 12.6. The van der Waals surface area contributed by atoms with Crippen molar-refractivity contribution >= 4 is 29.1 Å². The zero-order valence-corrected chi connectivity index (χ0v) is 14.9. The Morgan fingerprint density at radius 2 is 2.00 bits per heavy atom. The molecule has 3 rings (SSSR count). The third-order valence-electron chi connectivity index (χ3n) is 4.21. The first kappa shape index (κ1) is 18.1. The van der Waals surface area contributed by atoms with Gasteiger partial charge in [-0.1, -0.05) is 30.3 Å². The minimum absolute atomic E-state index is 0.159. The molecule has 1 saturated heterocycles. The van der Waals surface area contributed by atoms with Crippen LogP contribution in [0.3, 0.4) is 0 Å². The highest BCUT2D eigenvalue weighted by Crippen LogP contribution is 2.23. The normalized spacial score (nSPS) is 16.9. The maximum Gasteiger partial charge on any atom is 0.358 e. The summed E-state index contributed by atoms with van der Waals surface area (Å²) in [6.45, 7) is 0.0135. The molecule has 2 amide bonds. The molecule has 0 radical (unpaired) electrons. The summed E-state index contributed by atoms with van der Waals surface area (Å²) in [5.74, 6) is -1.61. The topological polar surface area (TPSA) is 103 Å². The minimum Gasteiger partial charge on any atom is -0.451 e. The number of ether oxygens (including phenoxy) is 1. The van der Waals surface area contributed by atoms with Gasteiger partial charge in [0.25, 0.3) is 5.91 Å².